The van der Waals surface area contributed by atoms with Gasteiger partial charge in [-0.05, 0) is 82.9 Å². The molecule has 0 bridgehead atoms. The second kappa shape index (κ2) is 20.0. The first-order valence-electron chi connectivity index (χ1n) is 24.9. The molecule has 4 atom stereocenters. The predicted molar refractivity (Wildman–Crippen MR) is 270 cm³/mol. The van der Waals surface area contributed by atoms with E-state index in [0.717, 1.165) is 136 Å². The molecule has 2 aromatic heterocycles. The molecule has 13 nitrogen and oxygen atoms in total. The summed E-state index contributed by atoms with van der Waals surface area (Å²) in [7, 11) is 0. The number of halogens is 2. The molecule has 4 unspecified atom stereocenters. The van der Waals surface area contributed by atoms with Gasteiger partial charge < -0.3 is 28.1 Å². The summed E-state index contributed by atoms with van der Waals surface area (Å²) in [5.41, 5.74) is 6.93. The fourth-order valence-electron chi connectivity index (χ4n) is 11.9. The molecule has 0 radical (unpaired) electrons. The Labute approximate surface area is 420 Å². The number of hydrogen-bond donors (Lipinski definition) is 0. The maximum atomic E-state index is 16.5. The first kappa shape index (κ1) is 45.8. The summed E-state index contributed by atoms with van der Waals surface area (Å²) in [6.45, 7) is 13.1. The van der Waals surface area contributed by atoms with E-state index in [9.17, 15) is 0 Å². The molecule has 6 aliphatic rings. The molecular formula is C55H60Cl2N8O5. The molecule has 2 saturated heterocycles. The molecule has 0 saturated carbocycles. The Bertz CT molecular complexity index is 2630. The number of hydrogen-bond acceptors (Lipinski definition) is 11. The molecular weight excluding hydrogens is 924 g/mol. The van der Waals surface area contributed by atoms with Gasteiger partial charge in [0.1, 0.15) is 0 Å². The van der Waals surface area contributed by atoms with E-state index in [4.69, 9.17) is 42.1 Å². The third kappa shape index (κ3) is 9.23. The second-order valence-corrected chi connectivity index (χ2v) is 20.3. The average molecular weight is 984 g/mol. The van der Waals surface area contributed by atoms with E-state index >= 15 is 4.79 Å². The van der Waals surface area contributed by atoms with Crippen LogP contribution in [-0.2, 0) is 31.0 Å². The van der Waals surface area contributed by atoms with Gasteiger partial charge in [0.25, 0.3) is 0 Å². The predicted octanol–water partition coefficient (Wildman–Crippen LogP) is 7.51. The Kier molecular flexibility index (Phi) is 13.1. The van der Waals surface area contributed by atoms with Crippen molar-refractivity contribution in [1.82, 2.24) is 38.5 Å². The molecule has 8 heterocycles. The number of fused-ring (bicyclic) bond motifs is 4. The average Bonchev–Trinajstić information content (AvgIpc) is 4.24. The van der Waals surface area contributed by atoms with Crippen LogP contribution >= 0.6 is 23.2 Å². The van der Waals surface area contributed by atoms with E-state index in [1.54, 1.807) is 0 Å². The number of benzene rings is 4. The zero-order chi connectivity index (χ0) is 47.1. The molecule has 0 aliphatic carbocycles. The van der Waals surface area contributed by atoms with Gasteiger partial charge >= 0.3 is 0 Å². The van der Waals surface area contributed by atoms with Gasteiger partial charge in [-0.15, -0.1) is 0 Å². The van der Waals surface area contributed by atoms with E-state index in [1.165, 1.54) is 22.5 Å². The summed E-state index contributed by atoms with van der Waals surface area (Å²) in [5, 5.41) is 1.48. The van der Waals surface area contributed by atoms with Gasteiger partial charge in [-0.3, -0.25) is 34.2 Å². The van der Waals surface area contributed by atoms with Crippen molar-refractivity contribution in [3.63, 3.8) is 0 Å². The van der Waals surface area contributed by atoms with Crippen LogP contribution in [0, 0.1) is 0 Å². The number of aromatic nitrogens is 2. The minimum Gasteiger partial charge on any atom is -0.454 e. The van der Waals surface area contributed by atoms with Gasteiger partial charge in [-0.25, -0.2) is 0 Å². The van der Waals surface area contributed by atoms with Crippen LogP contribution in [0.3, 0.4) is 0 Å². The van der Waals surface area contributed by atoms with Crippen molar-refractivity contribution in [1.29, 1.82) is 0 Å². The maximum Gasteiger partial charge on any atom is 0.231 e. The quantitative estimate of drug-likeness (QED) is 0.109. The molecule has 0 spiro atoms. The van der Waals surface area contributed by atoms with Crippen molar-refractivity contribution < 1.29 is 23.7 Å². The zero-order valence-corrected chi connectivity index (χ0v) is 41.0. The van der Waals surface area contributed by atoms with Crippen molar-refractivity contribution in [2.45, 2.75) is 50.3 Å². The van der Waals surface area contributed by atoms with E-state index in [0.29, 0.717) is 13.1 Å². The van der Waals surface area contributed by atoms with Crippen molar-refractivity contribution in [2.75, 3.05) is 92.1 Å². The smallest absolute Gasteiger partial charge is 0.231 e. The summed E-state index contributed by atoms with van der Waals surface area (Å²) < 4.78 is 27.4. The van der Waals surface area contributed by atoms with Crippen LogP contribution in [0.5, 0.6) is 23.0 Å². The molecule has 4 aromatic carbocycles. The lowest BCUT2D eigenvalue weighted by Crippen LogP contribution is -2.63. The van der Waals surface area contributed by atoms with Crippen molar-refractivity contribution >= 4 is 29.0 Å². The van der Waals surface area contributed by atoms with Crippen molar-refractivity contribution in [3.05, 3.63) is 165 Å². The fraction of sp³-hybridized carbons (Fsp3) is 0.400. The van der Waals surface area contributed by atoms with Gasteiger partial charge in [0.2, 0.25) is 13.6 Å². The highest BCUT2D eigenvalue weighted by molar-refractivity contribution is 6.31. The fourth-order valence-corrected chi connectivity index (χ4v) is 12.3. The molecule has 364 valence electrons. The third-order valence-electron chi connectivity index (χ3n) is 15.5. The lowest BCUT2D eigenvalue weighted by atomic mass is 9.94. The Balaban J connectivity index is 0.871. The van der Waals surface area contributed by atoms with Crippen molar-refractivity contribution in [3.8, 4) is 23.0 Å². The molecule has 0 N–H and O–H groups in total. The van der Waals surface area contributed by atoms with E-state index in [-0.39, 0.29) is 43.5 Å². The highest BCUT2D eigenvalue weighted by Crippen LogP contribution is 2.40. The van der Waals surface area contributed by atoms with Crippen LogP contribution < -0.4 is 18.9 Å². The highest BCUT2D eigenvalue weighted by Gasteiger charge is 2.43. The Morgan fingerprint density at radius 1 is 0.486 bits per heavy atom. The summed E-state index contributed by atoms with van der Waals surface area (Å²) in [6, 6.07) is 36.7. The number of rotatable bonds is 14. The van der Waals surface area contributed by atoms with Crippen LogP contribution in [0.2, 0.25) is 10.0 Å². The minimum atomic E-state index is -0.372. The van der Waals surface area contributed by atoms with E-state index in [2.05, 4.69) is 124 Å². The standard InChI is InChI=1S/C55H60Cl2N8O5/c56-43-9-3-1-7-41(43)53-45-11-5-17-60(45)27-29-64(53)35-47(62-23-19-58(20-24-62)33-39-13-15-49-51(31-39)69-37-67-49)55(66)48(63-25-21-59(22-26-63)34-40-14-16-50-52(32-40)70-38-68-50)36-65-30-28-61-18-6-12-46(61)54(65)42-8-2-4-10-44(42)57/h1-18,31-32,47-48,53-54H,19-30,33-38H2. The van der Waals surface area contributed by atoms with Crippen LogP contribution in [0.4, 0.5) is 0 Å². The lowest BCUT2D eigenvalue weighted by molar-refractivity contribution is -0.133. The molecule has 0 amide bonds. The number of carbonyl (C=O) groups is 1. The summed E-state index contributed by atoms with van der Waals surface area (Å²) in [5.74, 6) is 3.49. The topological polar surface area (TPSA) is 83.3 Å². The number of Topliss-reactive ketones (excluding diaryl/α,β-unsaturated/α-hetero) is 1. The highest BCUT2D eigenvalue weighted by atomic mass is 35.5. The van der Waals surface area contributed by atoms with Gasteiger partial charge in [-0.1, -0.05) is 71.7 Å². The van der Waals surface area contributed by atoms with E-state index < -0.39 is 0 Å². The van der Waals surface area contributed by atoms with Crippen LogP contribution in [0.1, 0.15) is 45.7 Å². The first-order valence-corrected chi connectivity index (χ1v) is 25.7. The maximum absolute atomic E-state index is 16.5. The second-order valence-electron chi connectivity index (χ2n) is 19.5. The molecule has 2 fully saturated rings. The number of nitrogens with zero attached hydrogens (tertiary/aromatic N) is 8. The van der Waals surface area contributed by atoms with Crippen LogP contribution in [-0.4, -0.2) is 149 Å². The van der Waals surface area contributed by atoms with Gasteiger partial charge in [0, 0.05) is 139 Å². The zero-order valence-electron chi connectivity index (χ0n) is 39.5. The SMILES string of the molecule is O=C(C(CN1CCn2cccc2C1c1ccccc1Cl)N1CCN(Cc2ccc3c(c2)OCO3)CC1)C(CN1CCn2cccc2C1c1ccccc1Cl)N1CCN(Cc2ccc3c(c2)OCO3)CC1. The van der Waals surface area contributed by atoms with Gasteiger partial charge in [-0.2, -0.15) is 0 Å². The van der Waals surface area contributed by atoms with Crippen LogP contribution in [0.15, 0.2) is 122 Å². The number of carbonyl (C=O) groups excluding carboxylic acids is 1. The van der Waals surface area contributed by atoms with Gasteiger partial charge in [0.15, 0.2) is 28.8 Å². The Morgan fingerprint density at radius 3 is 1.36 bits per heavy atom. The van der Waals surface area contributed by atoms with Gasteiger partial charge in [0.05, 0.1) is 24.2 Å². The minimum absolute atomic E-state index is 0.0993. The first-order chi connectivity index (χ1) is 34.4. The molecule has 6 aliphatic heterocycles. The largest absolute Gasteiger partial charge is 0.454 e. The number of piperazine rings is 2. The molecule has 15 heteroatoms. The van der Waals surface area contributed by atoms with Crippen molar-refractivity contribution in [2.24, 2.45) is 0 Å². The summed E-state index contributed by atoms with van der Waals surface area (Å²) in [6.07, 6.45) is 4.34. The van der Waals surface area contributed by atoms with Crippen LogP contribution in [0.25, 0.3) is 0 Å². The lowest BCUT2D eigenvalue weighted by Gasteiger charge is -2.47. The van der Waals surface area contributed by atoms with E-state index in [1.807, 2.05) is 36.4 Å². The number of ketones is 1. The Hall–Kier alpha value is -5.35. The molecule has 70 heavy (non-hydrogen) atoms. The Morgan fingerprint density at radius 2 is 0.914 bits per heavy atom. The third-order valence-corrected chi connectivity index (χ3v) is 16.2. The molecule has 6 aromatic rings. The summed E-state index contributed by atoms with van der Waals surface area (Å²) in [4.78, 5) is 31.6. The normalized spacial score (nSPS) is 21.9. The summed E-state index contributed by atoms with van der Waals surface area (Å²) >= 11 is 14.2. The number of ether oxygens (including phenoxy) is 4. The monoisotopic (exact) mass is 982 g/mol. The molecule has 12 rings (SSSR count).